The molecule has 0 saturated carbocycles. The van der Waals surface area contributed by atoms with Crippen molar-refractivity contribution in [2.24, 2.45) is 0 Å². The summed E-state index contributed by atoms with van der Waals surface area (Å²) in [7, 11) is -6.09. The van der Waals surface area contributed by atoms with Gasteiger partial charge in [-0.15, -0.1) is 20.7 Å². The second-order valence-electron chi connectivity index (χ2n) is 14.6. The van der Waals surface area contributed by atoms with E-state index in [9.17, 15) is 22.8 Å². The average molecular weight is 920 g/mol. The van der Waals surface area contributed by atoms with E-state index < -0.39 is 21.7 Å². The molecule has 14 nitrogen and oxygen atoms in total. The quantitative estimate of drug-likeness (QED) is 0.0384. The lowest BCUT2D eigenvalue weighted by Gasteiger charge is -2.16. The molecule has 0 radical (unpaired) electrons. The second kappa shape index (κ2) is 22.4. The van der Waals surface area contributed by atoms with Crippen LogP contribution >= 0.6 is 11.3 Å². The number of hydrogen-bond acceptors (Lipinski definition) is 10. The molecule has 1 saturated heterocycles. The van der Waals surface area contributed by atoms with Gasteiger partial charge in [-0.05, 0) is 67.0 Å². The van der Waals surface area contributed by atoms with E-state index >= 15 is 0 Å². The Balaban J connectivity index is 0.000000776. The van der Waals surface area contributed by atoms with Gasteiger partial charge in [0.05, 0.1) is 23.0 Å². The van der Waals surface area contributed by atoms with Crippen molar-refractivity contribution >= 4 is 33.6 Å². The predicted molar refractivity (Wildman–Crippen MR) is 234 cm³/mol. The molecule has 0 unspecified atom stereocenters. The van der Waals surface area contributed by atoms with Crippen LogP contribution in [0.15, 0.2) is 115 Å². The highest BCUT2D eigenvalue weighted by atomic mass is 32.2. The smallest absolute Gasteiger partial charge is 0.485 e. The first kappa shape index (κ1) is 47.2. The van der Waals surface area contributed by atoms with Gasteiger partial charge >= 0.3 is 17.6 Å². The first-order valence-electron chi connectivity index (χ1n) is 20.6. The van der Waals surface area contributed by atoms with Crippen molar-refractivity contribution in [1.82, 2.24) is 30.4 Å². The zero-order chi connectivity index (χ0) is 45.5. The number of alkyl halides is 3. The molecule has 1 aliphatic heterocycles. The first-order valence-corrected chi connectivity index (χ1v) is 22.9. The number of carbonyl (C=O) groups excluding carboxylic acids is 2. The molecule has 2 aromatic heterocycles. The van der Waals surface area contributed by atoms with Crippen molar-refractivity contribution in [2.75, 3.05) is 32.8 Å². The van der Waals surface area contributed by atoms with Gasteiger partial charge in [0.25, 0.3) is 0 Å². The molecule has 4 aromatic carbocycles. The number of aromatic nitrogens is 4. The Morgan fingerprint density at radius 2 is 1.64 bits per heavy atom. The maximum Gasteiger partial charge on any atom is 0.485 e. The Morgan fingerprint density at radius 3 is 2.31 bits per heavy atom. The van der Waals surface area contributed by atoms with Crippen LogP contribution in [0.5, 0.6) is 5.75 Å². The number of ether oxygens (including phenoxy) is 2. The lowest BCUT2D eigenvalue weighted by molar-refractivity contribution is -0.758. The summed E-state index contributed by atoms with van der Waals surface area (Å²) in [6.45, 7) is 5.76. The highest BCUT2D eigenvalue weighted by Gasteiger charge is 2.37. The number of nitrogens with one attached hydrogen (secondary N) is 2. The summed E-state index contributed by atoms with van der Waals surface area (Å²) < 4.78 is 74.5. The SMILES string of the molecule is CC[n+]1nn(-c2ccc(-c3nc(CCc4ccc(-c5ccccc5)cc4)cs3)c(OCCN3CCNC3=O)c2)cc1CCCCNC(=O)OCc1ccccc1.O=S(=O)([O-])C(F)(F)F. The molecular formula is C45H48F3N7O7S2. The molecule has 3 amide bonds. The molecule has 338 valence electrons. The van der Waals surface area contributed by atoms with Gasteiger partial charge in [-0.2, -0.15) is 13.2 Å². The van der Waals surface area contributed by atoms with Crippen LogP contribution in [-0.4, -0.2) is 83.2 Å². The highest BCUT2D eigenvalue weighted by molar-refractivity contribution is 7.86. The molecule has 1 aliphatic rings. The van der Waals surface area contributed by atoms with Crippen molar-refractivity contribution < 1.29 is 49.9 Å². The minimum absolute atomic E-state index is 0.0613. The molecule has 19 heteroatoms. The minimum atomic E-state index is -6.09. The number of amides is 3. The maximum atomic E-state index is 12.2. The first-order chi connectivity index (χ1) is 30.8. The van der Waals surface area contributed by atoms with Crippen LogP contribution in [0.25, 0.3) is 27.4 Å². The van der Waals surface area contributed by atoms with Gasteiger partial charge in [0.2, 0.25) is 0 Å². The number of hydrogen-bond donors (Lipinski definition) is 2. The summed E-state index contributed by atoms with van der Waals surface area (Å²) in [6, 6.07) is 34.9. The Morgan fingerprint density at radius 1 is 0.938 bits per heavy atom. The number of rotatable bonds is 18. The van der Waals surface area contributed by atoms with E-state index in [0.717, 1.165) is 71.9 Å². The molecule has 0 atom stereocenters. The van der Waals surface area contributed by atoms with Gasteiger partial charge in [0, 0.05) is 37.5 Å². The number of benzene rings is 4. The van der Waals surface area contributed by atoms with Gasteiger partial charge in [0.1, 0.15) is 30.5 Å². The summed E-state index contributed by atoms with van der Waals surface area (Å²) in [5.41, 5.74) is 2.94. The number of alkyl carbamates (subject to hydrolysis) is 1. The number of nitrogens with zero attached hydrogens (tertiary/aromatic N) is 5. The fourth-order valence-corrected chi connectivity index (χ4v) is 7.53. The Labute approximate surface area is 373 Å². The Hall–Kier alpha value is -6.31. The molecule has 0 aliphatic carbocycles. The molecule has 2 N–H and O–H groups in total. The minimum Gasteiger partial charge on any atom is -0.741 e. The zero-order valence-electron chi connectivity index (χ0n) is 35.0. The summed E-state index contributed by atoms with van der Waals surface area (Å²) in [5.74, 6) is 0.699. The maximum absolute atomic E-state index is 12.2. The number of urea groups is 1. The largest absolute Gasteiger partial charge is 0.741 e. The summed E-state index contributed by atoms with van der Waals surface area (Å²) in [4.78, 5) is 31.1. The molecule has 3 heterocycles. The topological polar surface area (TPSA) is 172 Å². The van der Waals surface area contributed by atoms with Crippen molar-refractivity contribution in [3.05, 3.63) is 137 Å². The van der Waals surface area contributed by atoms with Crippen molar-refractivity contribution in [3.8, 4) is 33.1 Å². The monoisotopic (exact) mass is 919 g/mol. The highest BCUT2D eigenvalue weighted by Crippen LogP contribution is 2.35. The predicted octanol–water partition coefficient (Wildman–Crippen LogP) is 7.46. The molecule has 7 rings (SSSR count). The van der Waals surface area contributed by atoms with Gasteiger partial charge in [-0.1, -0.05) is 84.9 Å². The van der Waals surface area contributed by atoms with E-state index in [4.69, 9.17) is 32.6 Å². The second-order valence-corrected chi connectivity index (χ2v) is 16.8. The number of thiazole rings is 1. The third kappa shape index (κ3) is 13.6. The van der Waals surface area contributed by atoms with Gasteiger partial charge < -0.3 is 29.6 Å². The van der Waals surface area contributed by atoms with Gasteiger partial charge in [0.15, 0.2) is 27.7 Å². The van der Waals surface area contributed by atoms with Gasteiger partial charge in [-0.25, -0.2) is 23.0 Å². The number of unbranched alkanes of at least 4 members (excludes halogenated alkanes) is 1. The van der Waals surface area contributed by atoms with Crippen LogP contribution in [-0.2, 0) is 47.3 Å². The van der Waals surface area contributed by atoms with E-state index in [1.165, 1.54) is 16.7 Å². The fraction of sp³-hybridized carbons (Fsp3) is 0.311. The standard InChI is InChI=1S/C44H47N7O4S.CHF3O3S/c1-2-50-39(15-9-10-24-46-44(53)55-31-34-11-5-3-6-12-34)30-51(48-50)38-22-23-40(41(29-38)54-28-27-49-26-25-45-43(49)52)42-47-37(32-56-42)21-18-33-16-19-36(20-17-33)35-13-7-4-8-14-35;2-1(3,4)8(5,6)7/h3-8,11-14,16-17,19-20,22-23,29-30,32H,2,9-10,15,18,21,24-28,31H2,1H3,(H-,45,46,52,53);(H,5,6,7). The average Bonchev–Trinajstić information content (AvgIpc) is 4.05. The Kier molecular flexibility index (Phi) is 16.5. The third-order valence-electron chi connectivity index (χ3n) is 10.0. The van der Waals surface area contributed by atoms with Crippen molar-refractivity contribution in [1.29, 1.82) is 0 Å². The van der Waals surface area contributed by atoms with Crippen LogP contribution in [0, 0.1) is 0 Å². The number of carbonyl (C=O) groups is 2. The van der Waals surface area contributed by atoms with Crippen LogP contribution in [0.2, 0.25) is 0 Å². The van der Waals surface area contributed by atoms with E-state index in [1.807, 2.05) is 57.9 Å². The molecular weight excluding hydrogens is 872 g/mol. The van der Waals surface area contributed by atoms with Crippen molar-refractivity contribution in [2.45, 2.75) is 57.7 Å². The van der Waals surface area contributed by atoms with E-state index in [0.29, 0.717) is 38.5 Å². The summed E-state index contributed by atoms with van der Waals surface area (Å²) >= 11 is 1.61. The van der Waals surface area contributed by atoms with E-state index in [1.54, 1.807) is 16.2 Å². The lowest BCUT2D eigenvalue weighted by atomic mass is 10.0. The zero-order valence-corrected chi connectivity index (χ0v) is 36.6. The molecule has 0 bridgehead atoms. The van der Waals surface area contributed by atoms with Crippen molar-refractivity contribution in [3.63, 3.8) is 0 Å². The normalized spacial score (nSPS) is 12.6. The van der Waals surface area contributed by atoms with E-state index in [-0.39, 0.29) is 12.6 Å². The number of halogens is 3. The van der Waals surface area contributed by atoms with Crippen LogP contribution in [0.1, 0.15) is 42.3 Å². The Bertz CT molecular complexity index is 2560. The van der Waals surface area contributed by atoms with Crippen LogP contribution in [0.3, 0.4) is 0 Å². The molecule has 64 heavy (non-hydrogen) atoms. The molecule has 6 aromatic rings. The molecule has 1 fully saturated rings. The van der Waals surface area contributed by atoms with Crippen LogP contribution in [0.4, 0.5) is 22.8 Å². The molecule has 0 spiro atoms. The third-order valence-corrected chi connectivity index (χ3v) is 11.5. The number of aryl methyl sites for hydroxylation is 4. The van der Waals surface area contributed by atoms with Crippen LogP contribution < -0.4 is 20.1 Å². The van der Waals surface area contributed by atoms with E-state index in [2.05, 4.69) is 83.7 Å². The summed E-state index contributed by atoms with van der Waals surface area (Å²) in [6.07, 6.45) is 5.89. The van der Waals surface area contributed by atoms with Gasteiger partial charge in [-0.3, -0.25) is 0 Å². The summed E-state index contributed by atoms with van der Waals surface area (Å²) in [5, 5.41) is 13.6. The fourth-order valence-electron chi connectivity index (χ4n) is 6.64. The lowest BCUT2D eigenvalue weighted by Crippen LogP contribution is -2.39.